The van der Waals surface area contributed by atoms with Gasteiger partial charge >= 0.3 is 17.5 Å². The fourth-order valence-corrected chi connectivity index (χ4v) is 2.11. The molecule has 0 aliphatic rings. The minimum absolute atomic E-state index is 0.00985. The number of rotatable bonds is 4. The van der Waals surface area contributed by atoms with E-state index >= 15 is 0 Å². The molecule has 0 spiro atoms. The fraction of sp³-hybridized carbons (Fsp3) is 0.0625. The molecule has 22 heavy (non-hydrogen) atoms. The molecule has 3 rings (SSSR count). The standard InChI is InChI=1S/C16H14N4O2/c17-15-14(16(21)18-13-9-5-2-6-10-13)20(19-22-15)11-12-7-3-1-4-8-12/h1-10H,11H2,(H2-,17,18,19,21)/p+1. The summed E-state index contributed by atoms with van der Waals surface area (Å²) in [4.78, 5) is 12.4. The second-order valence-corrected chi connectivity index (χ2v) is 4.75. The zero-order valence-corrected chi connectivity index (χ0v) is 11.8. The quantitative estimate of drug-likeness (QED) is 0.719. The summed E-state index contributed by atoms with van der Waals surface area (Å²) in [5, 5.41) is 6.60. The molecular weight excluding hydrogens is 280 g/mol. The molecule has 3 aromatic rings. The van der Waals surface area contributed by atoms with Gasteiger partial charge in [-0.05, 0) is 16.8 Å². The van der Waals surface area contributed by atoms with Gasteiger partial charge in [0.2, 0.25) is 11.8 Å². The number of carbonyl (C=O) groups is 1. The summed E-state index contributed by atoms with van der Waals surface area (Å²) < 4.78 is 6.40. The Morgan fingerprint density at radius 1 is 1.09 bits per heavy atom. The number of benzene rings is 2. The minimum atomic E-state index is -0.360. The van der Waals surface area contributed by atoms with Crippen molar-refractivity contribution in [2.45, 2.75) is 6.54 Å². The van der Waals surface area contributed by atoms with E-state index in [0.717, 1.165) is 5.56 Å². The lowest BCUT2D eigenvalue weighted by Gasteiger charge is -2.01. The fourth-order valence-electron chi connectivity index (χ4n) is 2.11. The van der Waals surface area contributed by atoms with E-state index in [1.54, 1.807) is 12.1 Å². The largest absolute Gasteiger partial charge is 0.362 e. The Kier molecular flexibility index (Phi) is 3.82. The summed E-state index contributed by atoms with van der Waals surface area (Å²) in [5.41, 5.74) is 7.62. The molecule has 0 saturated heterocycles. The zero-order valence-electron chi connectivity index (χ0n) is 11.8. The van der Waals surface area contributed by atoms with Crippen LogP contribution in [0.5, 0.6) is 0 Å². The van der Waals surface area contributed by atoms with Crippen molar-refractivity contribution in [3.8, 4) is 0 Å². The first kappa shape index (κ1) is 13.8. The van der Waals surface area contributed by atoms with E-state index in [1.807, 2.05) is 48.5 Å². The SMILES string of the molecule is Nc1on[n+](Cc2ccccc2)c1C(=O)Nc1ccccc1. The molecule has 0 unspecified atom stereocenters. The van der Waals surface area contributed by atoms with Crippen LogP contribution in [0.4, 0.5) is 11.6 Å². The molecule has 1 aromatic heterocycles. The molecular formula is C16H15N4O2+. The van der Waals surface area contributed by atoms with Gasteiger partial charge in [-0.25, -0.2) is 0 Å². The second kappa shape index (κ2) is 6.09. The monoisotopic (exact) mass is 295 g/mol. The molecule has 6 nitrogen and oxygen atoms in total. The Balaban J connectivity index is 1.84. The predicted octanol–water partition coefficient (Wildman–Crippen LogP) is 1.84. The van der Waals surface area contributed by atoms with Crippen molar-refractivity contribution < 1.29 is 14.0 Å². The van der Waals surface area contributed by atoms with Crippen LogP contribution in [0.2, 0.25) is 0 Å². The highest BCUT2D eigenvalue weighted by Crippen LogP contribution is 2.11. The number of hydrogen-bond acceptors (Lipinski definition) is 4. The number of nitrogen functional groups attached to an aromatic ring is 1. The van der Waals surface area contributed by atoms with Crippen LogP contribution in [0.1, 0.15) is 16.1 Å². The van der Waals surface area contributed by atoms with Gasteiger partial charge in [-0.2, -0.15) is 0 Å². The number of hydrogen-bond donors (Lipinski definition) is 2. The number of nitrogens with two attached hydrogens (primary N) is 1. The van der Waals surface area contributed by atoms with Gasteiger partial charge in [0.15, 0.2) is 0 Å². The lowest BCUT2D eigenvalue weighted by molar-refractivity contribution is -0.756. The molecule has 110 valence electrons. The average molecular weight is 295 g/mol. The van der Waals surface area contributed by atoms with E-state index < -0.39 is 0 Å². The molecule has 0 bridgehead atoms. The first-order valence-electron chi connectivity index (χ1n) is 6.79. The highest BCUT2D eigenvalue weighted by atomic mass is 16.5. The van der Waals surface area contributed by atoms with Crippen molar-refractivity contribution in [2.75, 3.05) is 11.1 Å². The summed E-state index contributed by atoms with van der Waals surface area (Å²) in [6, 6.07) is 18.8. The number of nitrogens with one attached hydrogen (secondary N) is 1. The Hall–Kier alpha value is -3.15. The highest BCUT2D eigenvalue weighted by Gasteiger charge is 2.30. The maximum Gasteiger partial charge on any atom is 0.362 e. The van der Waals surface area contributed by atoms with Crippen LogP contribution in [-0.4, -0.2) is 11.2 Å². The van der Waals surface area contributed by atoms with Crippen LogP contribution < -0.4 is 15.7 Å². The highest BCUT2D eigenvalue weighted by molar-refractivity contribution is 6.04. The van der Waals surface area contributed by atoms with Gasteiger partial charge in [0.05, 0.1) is 0 Å². The molecule has 2 aromatic carbocycles. The van der Waals surface area contributed by atoms with Gasteiger partial charge in [0.25, 0.3) is 0 Å². The van der Waals surface area contributed by atoms with E-state index in [4.69, 9.17) is 10.3 Å². The maximum atomic E-state index is 12.4. The van der Waals surface area contributed by atoms with Crippen LogP contribution in [-0.2, 0) is 6.54 Å². The van der Waals surface area contributed by atoms with Crippen molar-refractivity contribution in [3.05, 3.63) is 71.9 Å². The lowest BCUT2D eigenvalue weighted by atomic mass is 10.2. The smallest absolute Gasteiger partial charge is 0.362 e. The van der Waals surface area contributed by atoms with E-state index in [2.05, 4.69) is 10.6 Å². The number of nitrogens with zero attached hydrogens (tertiary/aromatic N) is 2. The summed E-state index contributed by atoms with van der Waals surface area (Å²) >= 11 is 0. The summed E-state index contributed by atoms with van der Waals surface area (Å²) in [6.45, 7) is 0.402. The van der Waals surface area contributed by atoms with E-state index in [0.29, 0.717) is 12.2 Å². The Labute approximate surface area is 127 Å². The maximum absolute atomic E-state index is 12.4. The molecule has 0 saturated carbocycles. The second-order valence-electron chi connectivity index (χ2n) is 4.75. The first-order valence-corrected chi connectivity index (χ1v) is 6.79. The van der Waals surface area contributed by atoms with Crippen molar-refractivity contribution >= 4 is 17.5 Å². The molecule has 1 heterocycles. The van der Waals surface area contributed by atoms with Gasteiger partial charge in [-0.1, -0.05) is 48.5 Å². The van der Waals surface area contributed by atoms with Gasteiger partial charge in [-0.15, -0.1) is 0 Å². The third kappa shape index (κ3) is 2.95. The molecule has 0 fully saturated rings. The number of anilines is 2. The number of carbonyl (C=O) groups excluding carboxylic acids is 1. The summed E-state index contributed by atoms with van der Waals surface area (Å²) in [7, 11) is 0. The lowest BCUT2D eigenvalue weighted by Crippen LogP contribution is -2.43. The topological polar surface area (TPSA) is 85.0 Å². The normalized spacial score (nSPS) is 10.4. The first-order chi connectivity index (χ1) is 10.7. The minimum Gasteiger partial charge on any atom is -0.362 e. The van der Waals surface area contributed by atoms with Gasteiger partial charge in [0.1, 0.15) is 0 Å². The molecule has 1 amide bonds. The molecule has 0 aliphatic heterocycles. The number of amides is 1. The molecule has 3 N–H and O–H groups in total. The van der Waals surface area contributed by atoms with Crippen LogP contribution in [0.25, 0.3) is 0 Å². The Morgan fingerprint density at radius 3 is 2.41 bits per heavy atom. The van der Waals surface area contributed by atoms with Crippen LogP contribution in [0.3, 0.4) is 0 Å². The van der Waals surface area contributed by atoms with E-state index in [-0.39, 0.29) is 17.5 Å². The predicted molar refractivity (Wildman–Crippen MR) is 81.0 cm³/mol. The van der Waals surface area contributed by atoms with Crippen LogP contribution >= 0.6 is 0 Å². The molecule has 0 atom stereocenters. The van der Waals surface area contributed by atoms with Crippen LogP contribution in [0, 0.1) is 0 Å². The molecule has 0 radical (unpaired) electrons. The third-order valence-corrected chi connectivity index (χ3v) is 3.15. The molecule has 0 aliphatic carbocycles. The van der Waals surface area contributed by atoms with Gasteiger partial charge in [-0.3, -0.25) is 9.32 Å². The van der Waals surface area contributed by atoms with Gasteiger partial charge in [0, 0.05) is 11.3 Å². The van der Waals surface area contributed by atoms with Crippen molar-refractivity contribution in [3.63, 3.8) is 0 Å². The Morgan fingerprint density at radius 2 is 1.73 bits per heavy atom. The van der Waals surface area contributed by atoms with Gasteiger partial charge < -0.3 is 11.1 Å². The van der Waals surface area contributed by atoms with Crippen molar-refractivity contribution in [2.24, 2.45) is 0 Å². The van der Waals surface area contributed by atoms with Crippen LogP contribution in [0.15, 0.2) is 65.2 Å². The summed E-state index contributed by atoms with van der Waals surface area (Å²) in [6.07, 6.45) is 0. The summed E-state index contributed by atoms with van der Waals surface area (Å²) in [5.74, 6) is -0.370. The molecule has 6 heteroatoms. The Bertz CT molecular complexity index is 769. The van der Waals surface area contributed by atoms with E-state index in [9.17, 15) is 4.79 Å². The third-order valence-electron chi connectivity index (χ3n) is 3.15. The zero-order chi connectivity index (χ0) is 15.4. The van der Waals surface area contributed by atoms with E-state index in [1.165, 1.54) is 4.68 Å². The number of para-hydroxylation sites is 1. The average Bonchev–Trinajstić information content (AvgIpc) is 2.90. The van der Waals surface area contributed by atoms with Crippen molar-refractivity contribution in [1.82, 2.24) is 5.27 Å². The number of aromatic nitrogens is 2. The van der Waals surface area contributed by atoms with Crippen molar-refractivity contribution in [1.29, 1.82) is 0 Å².